The van der Waals surface area contributed by atoms with Gasteiger partial charge in [0.25, 0.3) is 0 Å². The third kappa shape index (κ3) is 3.23. The SMILES string of the molecule is NC1(Cc2ccccc2)C=CC=CC1Nc1ccccc1. The molecule has 1 aliphatic rings. The summed E-state index contributed by atoms with van der Waals surface area (Å²) >= 11 is 0. The van der Waals surface area contributed by atoms with Crippen molar-refractivity contribution in [1.29, 1.82) is 0 Å². The van der Waals surface area contributed by atoms with Crippen molar-refractivity contribution < 1.29 is 0 Å². The van der Waals surface area contributed by atoms with Gasteiger partial charge in [0.2, 0.25) is 0 Å². The first-order chi connectivity index (χ1) is 10.3. The summed E-state index contributed by atoms with van der Waals surface area (Å²) in [7, 11) is 0. The van der Waals surface area contributed by atoms with Crippen LogP contribution >= 0.6 is 0 Å². The molecule has 2 aromatic carbocycles. The van der Waals surface area contributed by atoms with Gasteiger partial charge in [0.05, 0.1) is 11.6 Å². The van der Waals surface area contributed by atoms with E-state index in [0.29, 0.717) is 0 Å². The van der Waals surface area contributed by atoms with Crippen LogP contribution < -0.4 is 11.1 Å². The van der Waals surface area contributed by atoms with Crippen molar-refractivity contribution in [2.24, 2.45) is 5.73 Å². The van der Waals surface area contributed by atoms with Gasteiger partial charge >= 0.3 is 0 Å². The fraction of sp³-hybridized carbons (Fsp3) is 0.158. The maximum absolute atomic E-state index is 6.68. The standard InChI is InChI=1S/C19H20N2/c20-19(15-16-9-3-1-4-10-16)14-8-7-13-18(19)21-17-11-5-2-6-12-17/h1-14,18,21H,15,20H2. The highest BCUT2D eigenvalue weighted by molar-refractivity contribution is 5.48. The molecule has 0 saturated heterocycles. The predicted molar refractivity (Wildman–Crippen MR) is 89.2 cm³/mol. The molecule has 0 aliphatic heterocycles. The lowest BCUT2D eigenvalue weighted by Crippen LogP contribution is -2.54. The molecule has 2 nitrogen and oxygen atoms in total. The number of allylic oxidation sites excluding steroid dienone is 2. The van der Waals surface area contributed by atoms with E-state index >= 15 is 0 Å². The predicted octanol–water partition coefficient (Wildman–Crippen LogP) is 3.53. The van der Waals surface area contributed by atoms with Gasteiger partial charge in [-0.1, -0.05) is 72.8 Å². The second-order valence-corrected chi connectivity index (χ2v) is 5.51. The molecular weight excluding hydrogens is 256 g/mol. The molecule has 3 N–H and O–H groups in total. The quantitative estimate of drug-likeness (QED) is 0.896. The Bertz CT molecular complexity index is 631. The zero-order valence-corrected chi connectivity index (χ0v) is 11.9. The molecule has 2 heteroatoms. The van der Waals surface area contributed by atoms with Crippen molar-refractivity contribution >= 4 is 5.69 Å². The van der Waals surface area contributed by atoms with E-state index in [0.717, 1.165) is 12.1 Å². The number of benzene rings is 2. The Labute approximate surface area is 126 Å². The van der Waals surface area contributed by atoms with Crippen molar-refractivity contribution in [2.75, 3.05) is 5.32 Å². The maximum Gasteiger partial charge on any atom is 0.0666 e. The largest absolute Gasteiger partial charge is 0.377 e. The first kappa shape index (κ1) is 13.7. The van der Waals surface area contributed by atoms with Gasteiger partial charge in [-0.3, -0.25) is 0 Å². The van der Waals surface area contributed by atoms with Gasteiger partial charge in [-0.15, -0.1) is 0 Å². The number of para-hydroxylation sites is 1. The lowest BCUT2D eigenvalue weighted by atomic mass is 9.81. The molecule has 0 bridgehead atoms. The minimum atomic E-state index is -0.425. The van der Waals surface area contributed by atoms with E-state index in [4.69, 9.17) is 5.73 Å². The van der Waals surface area contributed by atoms with Gasteiger partial charge in [0.15, 0.2) is 0 Å². The third-order valence-electron chi connectivity index (χ3n) is 3.85. The molecule has 2 aromatic rings. The lowest BCUT2D eigenvalue weighted by Gasteiger charge is -2.36. The molecule has 0 spiro atoms. The van der Waals surface area contributed by atoms with Crippen LogP contribution in [0.25, 0.3) is 0 Å². The molecule has 0 heterocycles. The summed E-state index contributed by atoms with van der Waals surface area (Å²) in [5, 5.41) is 3.53. The summed E-state index contributed by atoms with van der Waals surface area (Å²) < 4.78 is 0. The monoisotopic (exact) mass is 276 g/mol. The minimum absolute atomic E-state index is 0.0742. The number of nitrogens with two attached hydrogens (primary N) is 1. The van der Waals surface area contributed by atoms with Gasteiger partial charge in [-0.25, -0.2) is 0 Å². The van der Waals surface area contributed by atoms with E-state index in [-0.39, 0.29) is 6.04 Å². The van der Waals surface area contributed by atoms with E-state index in [9.17, 15) is 0 Å². The van der Waals surface area contributed by atoms with Crippen molar-refractivity contribution in [3.05, 3.63) is 90.5 Å². The van der Waals surface area contributed by atoms with Crippen LogP contribution in [-0.4, -0.2) is 11.6 Å². The van der Waals surface area contributed by atoms with E-state index in [2.05, 4.69) is 59.9 Å². The fourth-order valence-corrected chi connectivity index (χ4v) is 2.71. The highest BCUT2D eigenvalue weighted by Crippen LogP contribution is 2.24. The van der Waals surface area contributed by atoms with Crippen LogP contribution in [0.3, 0.4) is 0 Å². The van der Waals surface area contributed by atoms with Crippen molar-refractivity contribution in [3.8, 4) is 0 Å². The summed E-state index contributed by atoms with van der Waals surface area (Å²) in [6.45, 7) is 0. The van der Waals surface area contributed by atoms with Gasteiger partial charge in [-0.05, 0) is 24.1 Å². The molecule has 0 saturated carbocycles. The van der Waals surface area contributed by atoms with E-state index in [1.807, 2.05) is 30.3 Å². The van der Waals surface area contributed by atoms with Crippen LogP contribution in [0.5, 0.6) is 0 Å². The van der Waals surface area contributed by atoms with Crippen LogP contribution in [0.15, 0.2) is 85.0 Å². The molecule has 2 atom stereocenters. The average Bonchev–Trinajstić information content (AvgIpc) is 2.52. The first-order valence-electron chi connectivity index (χ1n) is 7.27. The normalized spacial score (nSPS) is 24.0. The number of anilines is 1. The van der Waals surface area contributed by atoms with Crippen molar-refractivity contribution in [1.82, 2.24) is 0 Å². The first-order valence-corrected chi connectivity index (χ1v) is 7.27. The third-order valence-corrected chi connectivity index (χ3v) is 3.85. The minimum Gasteiger partial charge on any atom is -0.377 e. The smallest absolute Gasteiger partial charge is 0.0666 e. The lowest BCUT2D eigenvalue weighted by molar-refractivity contribution is 0.487. The van der Waals surface area contributed by atoms with Crippen LogP contribution in [0.1, 0.15) is 5.56 Å². The molecule has 0 amide bonds. The molecule has 0 aromatic heterocycles. The number of hydrogen-bond acceptors (Lipinski definition) is 2. The Morgan fingerprint density at radius 3 is 2.29 bits per heavy atom. The molecule has 0 fully saturated rings. The van der Waals surface area contributed by atoms with E-state index in [1.54, 1.807) is 0 Å². The van der Waals surface area contributed by atoms with Crippen LogP contribution in [0.4, 0.5) is 5.69 Å². The number of nitrogens with one attached hydrogen (secondary N) is 1. The average molecular weight is 276 g/mol. The summed E-state index contributed by atoms with van der Waals surface area (Å²) in [6, 6.07) is 20.7. The maximum atomic E-state index is 6.68. The van der Waals surface area contributed by atoms with Crippen molar-refractivity contribution in [2.45, 2.75) is 18.0 Å². The van der Waals surface area contributed by atoms with Crippen molar-refractivity contribution in [3.63, 3.8) is 0 Å². The molecule has 3 rings (SSSR count). The van der Waals surface area contributed by atoms with Crippen LogP contribution in [0, 0.1) is 0 Å². The van der Waals surface area contributed by atoms with E-state index in [1.165, 1.54) is 5.56 Å². The zero-order chi connectivity index (χ0) is 14.5. The van der Waals surface area contributed by atoms with Gasteiger partial charge < -0.3 is 11.1 Å². The summed E-state index contributed by atoms with van der Waals surface area (Å²) in [5.74, 6) is 0. The summed E-state index contributed by atoms with van der Waals surface area (Å²) in [6.07, 6.45) is 9.12. The highest BCUT2D eigenvalue weighted by atomic mass is 15.0. The Hall–Kier alpha value is -2.32. The summed E-state index contributed by atoms with van der Waals surface area (Å²) in [5.41, 5.74) is 8.60. The van der Waals surface area contributed by atoms with E-state index < -0.39 is 5.54 Å². The topological polar surface area (TPSA) is 38.0 Å². The van der Waals surface area contributed by atoms with Gasteiger partial charge in [0.1, 0.15) is 0 Å². The summed E-state index contributed by atoms with van der Waals surface area (Å²) in [4.78, 5) is 0. The Kier molecular flexibility index (Phi) is 3.89. The number of hydrogen-bond donors (Lipinski definition) is 2. The molecule has 1 aliphatic carbocycles. The van der Waals surface area contributed by atoms with Crippen LogP contribution in [-0.2, 0) is 6.42 Å². The Morgan fingerprint density at radius 1 is 0.905 bits per heavy atom. The Balaban J connectivity index is 1.81. The second kappa shape index (κ2) is 5.98. The molecule has 106 valence electrons. The highest BCUT2D eigenvalue weighted by Gasteiger charge is 2.32. The fourth-order valence-electron chi connectivity index (χ4n) is 2.71. The van der Waals surface area contributed by atoms with Gasteiger partial charge in [-0.2, -0.15) is 0 Å². The molecule has 0 radical (unpaired) electrons. The number of rotatable bonds is 4. The molecular formula is C19H20N2. The second-order valence-electron chi connectivity index (χ2n) is 5.51. The Morgan fingerprint density at radius 2 is 1.57 bits per heavy atom. The van der Waals surface area contributed by atoms with Gasteiger partial charge in [0, 0.05) is 5.69 Å². The molecule has 2 unspecified atom stereocenters. The molecule has 21 heavy (non-hydrogen) atoms. The van der Waals surface area contributed by atoms with Crippen LogP contribution in [0.2, 0.25) is 0 Å². The zero-order valence-electron chi connectivity index (χ0n) is 11.9.